The predicted octanol–water partition coefficient (Wildman–Crippen LogP) is 5.30. The minimum Gasteiger partial charge on any atom is -0.493 e. The number of alkyl halides is 3. The second-order valence-electron chi connectivity index (χ2n) is 5.48. The molecule has 3 rings (SSSR count). The molecule has 0 unspecified atom stereocenters. The Morgan fingerprint density at radius 1 is 1.14 bits per heavy atom. The normalized spacial score (nSPS) is 11.4. The lowest BCUT2D eigenvalue weighted by Crippen LogP contribution is -2.28. The van der Waals surface area contributed by atoms with E-state index in [0.717, 1.165) is 12.4 Å². The van der Waals surface area contributed by atoms with Gasteiger partial charge in [0.1, 0.15) is 12.1 Å². The maximum absolute atomic E-state index is 14.3. The highest BCUT2D eigenvalue weighted by Gasteiger charge is 2.42. The first kappa shape index (κ1) is 20.9. The number of anilines is 2. The van der Waals surface area contributed by atoms with E-state index in [1.54, 1.807) is 0 Å². The van der Waals surface area contributed by atoms with Gasteiger partial charge in [-0.25, -0.2) is 19.2 Å². The molecule has 0 saturated carbocycles. The quantitative estimate of drug-likeness (QED) is 0.252. The van der Waals surface area contributed by atoms with Crippen LogP contribution in [0.1, 0.15) is 0 Å². The largest absolute Gasteiger partial charge is 0.493 e. The van der Waals surface area contributed by atoms with Crippen LogP contribution in [0.3, 0.4) is 0 Å². The van der Waals surface area contributed by atoms with Crippen molar-refractivity contribution in [1.82, 2.24) is 9.97 Å². The third-order valence-electron chi connectivity index (χ3n) is 3.64. The van der Waals surface area contributed by atoms with E-state index >= 15 is 0 Å². The van der Waals surface area contributed by atoms with Gasteiger partial charge in [-0.3, -0.25) is 0 Å². The first-order chi connectivity index (χ1) is 13.6. The number of methoxy groups -OCH3 is 1. The Bertz CT molecular complexity index is 1110. The molecular weight excluding hydrogens is 441 g/mol. The van der Waals surface area contributed by atoms with Crippen LogP contribution in [0.15, 0.2) is 30.6 Å². The van der Waals surface area contributed by atoms with E-state index in [1.807, 2.05) is 0 Å². The molecule has 0 spiro atoms. The number of benzene rings is 2. The number of halogens is 6. The second-order valence-corrected chi connectivity index (χ2v) is 6.26. The van der Waals surface area contributed by atoms with Gasteiger partial charge in [0.2, 0.25) is 0 Å². The van der Waals surface area contributed by atoms with Gasteiger partial charge in [0.15, 0.2) is 17.3 Å². The molecule has 0 radical (unpaired) electrons. The van der Waals surface area contributed by atoms with Crippen LogP contribution in [0.25, 0.3) is 10.9 Å². The van der Waals surface area contributed by atoms with Crippen LogP contribution in [0.5, 0.6) is 11.5 Å². The number of nitrogens with zero attached hydrogens (tertiary/aromatic N) is 2. The van der Waals surface area contributed by atoms with Gasteiger partial charge in [0.25, 0.3) is 0 Å². The Kier molecular flexibility index (Phi) is 5.67. The number of nitrogens with one attached hydrogen (secondary N) is 1. The number of carbonyl (C=O) groups excluding carboxylic acids is 1. The molecule has 0 bridgehead atoms. The molecule has 29 heavy (non-hydrogen) atoms. The van der Waals surface area contributed by atoms with Gasteiger partial charge in [-0.2, -0.15) is 13.2 Å². The molecule has 1 aromatic heterocycles. The summed E-state index contributed by atoms with van der Waals surface area (Å²) in [6.45, 7) is 0. The van der Waals surface area contributed by atoms with E-state index < -0.39 is 23.7 Å². The summed E-state index contributed by atoms with van der Waals surface area (Å²) in [6, 6.07) is 5.00. The van der Waals surface area contributed by atoms with E-state index in [1.165, 1.54) is 25.3 Å². The molecule has 0 aliphatic carbocycles. The summed E-state index contributed by atoms with van der Waals surface area (Å²) in [5.41, 5.74) is 0.0553. The second kappa shape index (κ2) is 7.88. The zero-order valence-electron chi connectivity index (χ0n) is 14.3. The van der Waals surface area contributed by atoms with Crippen molar-refractivity contribution >= 4 is 51.6 Å². The lowest BCUT2D eigenvalue weighted by Gasteiger charge is -2.14. The maximum atomic E-state index is 14.3. The van der Waals surface area contributed by atoms with Crippen LogP contribution in [0.4, 0.5) is 29.1 Å². The molecule has 6 nitrogen and oxygen atoms in total. The van der Waals surface area contributed by atoms with Gasteiger partial charge in [0.05, 0.1) is 28.4 Å². The first-order valence-electron chi connectivity index (χ1n) is 7.64. The molecule has 12 heteroatoms. The van der Waals surface area contributed by atoms with Crippen LogP contribution >= 0.6 is 23.2 Å². The number of hydrogen-bond acceptors (Lipinski definition) is 6. The average molecular weight is 450 g/mol. The first-order valence-corrected chi connectivity index (χ1v) is 8.39. The monoisotopic (exact) mass is 449 g/mol. The van der Waals surface area contributed by atoms with Crippen molar-refractivity contribution in [2.75, 3.05) is 12.4 Å². The van der Waals surface area contributed by atoms with Crippen molar-refractivity contribution in [1.29, 1.82) is 0 Å². The molecule has 0 atom stereocenters. The fraction of sp³-hybridized carbons (Fsp3) is 0.118. The highest BCUT2D eigenvalue weighted by atomic mass is 35.5. The number of hydrogen-bond donors (Lipinski definition) is 1. The summed E-state index contributed by atoms with van der Waals surface area (Å²) in [5, 5.41) is 2.67. The van der Waals surface area contributed by atoms with E-state index in [-0.39, 0.29) is 38.2 Å². The molecule has 1 heterocycles. The Hall–Kier alpha value is -2.85. The zero-order valence-corrected chi connectivity index (χ0v) is 15.8. The van der Waals surface area contributed by atoms with Crippen molar-refractivity contribution in [3.8, 4) is 11.5 Å². The molecular formula is C17H9Cl2F4N3O3. The summed E-state index contributed by atoms with van der Waals surface area (Å²) in [5.74, 6) is -3.83. The number of aromatic nitrogens is 2. The van der Waals surface area contributed by atoms with E-state index in [0.29, 0.717) is 0 Å². The topological polar surface area (TPSA) is 73.3 Å². The zero-order chi connectivity index (χ0) is 21.3. The average Bonchev–Trinajstić information content (AvgIpc) is 2.67. The molecule has 1 N–H and O–H groups in total. The van der Waals surface area contributed by atoms with Crippen molar-refractivity contribution in [3.63, 3.8) is 0 Å². The molecule has 3 aromatic rings. The number of ether oxygens (including phenoxy) is 2. The Morgan fingerprint density at radius 3 is 2.52 bits per heavy atom. The van der Waals surface area contributed by atoms with Crippen molar-refractivity contribution < 1.29 is 31.8 Å². The summed E-state index contributed by atoms with van der Waals surface area (Å²) in [7, 11) is 1.17. The molecule has 2 aromatic carbocycles. The van der Waals surface area contributed by atoms with Crippen molar-refractivity contribution in [2.45, 2.75) is 6.18 Å². The van der Waals surface area contributed by atoms with Crippen molar-refractivity contribution in [2.24, 2.45) is 0 Å². The standard InChI is InChI=1S/C17H9Cl2F4N3O3/c1-28-11-4-7-10(5-12(11)29-16(27)17(21,22)23)24-6-25-15(7)26-9-3-2-8(18)13(19)14(9)20/h2-6H,1H3,(H,24,25,26). The minimum absolute atomic E-state index is 0.0139. The highest BCUT2D eigenvalue weighted by molar-refractivity contribution is 6.42. The Balaban J connectivity index is 2.05. The van der Waals surface area contributed by atoms with E-state index in [4.69, 9.17) is 27.9 Å². The van der Waals surface area contributed by atoms with Gasteiger partial charge in [-0.05, 0) is 18.2 Å². The van der Waals surface area contributed by atoms with Crippen LogP contribution in [-0.2, 0) is 4.79 Å². The van der Waals surface area contributed by atoms with E-state index in [2.05, 4.69) is 20.0 Å². The number of esters is 1. The fourth-order valence-corrected chi connectivity index (χ4v) is 2.62. The van der Waals surface area contributed by atoms with Gasteiger partial charge in [-0.1, -0.05) is 23.2 Å². The number of carbonyl (C=O) groups is 1. The summed E-state index contributed by atoms with van der Waals surface area (Å²) in [6.07, 6.45) is -4.11. The smallest absolute Gasteiger partial charge is 0.491 e. The molecule has 0 aliphatic heterocycles. The lowest BCUT2D eigenvalue weighted by molar-refractivity contribution is -0.189. The number of fused-ring (bicyclic) bond motifs is 1. The molecule has 0 saturated heterocycles. The molecule has 0 amide bonds. The van der Waals surface area contributed by atoms with Gasteiger partial charge >= 0.3 is 12.1 Å². The molecule has 152 valence electrons. The van der Waals surface area contributed by atoms with Crippen LogP contribution in [0.2, 0.25) is 10.0 Å². The lowest BCUT2D eigenvalue weighted by atomic mass is 10.2. The van der Waals surface area contributed by atoms with Crippen molar-refractivity contribution in [3.05, 3.63) is 46.5 Å². The third kappa shape index (κ3) is 4.28. The van der Waals surface area contributed by atoms with Gasteiger partial charge in [-0.15, -0.1) is 0 Å². The van der Waals surface area contributed by atoms with E-state index in [9.17, 15) is 22.4 Å². The van der Waals surface area contributed by atoms with Gasteiger partial charge in [0, 0.05) is 11.5 Å². The summed E-state index contributed by atoms with van der Waals surface area (Å²) in [4.78, 5) is 19.0. The summed E-state index contributed by atoms with van der Waals surface area (Å²) >= 11 is 11.5. The Labute approximate surface area is 170 Å². The van der Waals surface area contributed by atoms with Crippen LogP contribution < -0.4 is 14.8 Å². The predicted molar refractivity (Wildman–Crippen MR) is 97.5 cm³/mol. The van der Waals surface area contributed by atoms with Gasteiger partial charge < -0.3 is 14.8 Å². The Morgan fingerprint density at radius 2 is 1.86 bits per heavy atom. The minimum atomic E-state index is -5.19. The maximum Gasteiger partial charge on any atom is 0.491 e. The highest BCUT2D eigenvalue weighted by Crippen LogP contribution is 2.37. The third-order valence-corrected chi connectivity index (χ3v) is 4.42. The fourth-order valence-electron chi connectivity index (χ4n) is 2.31. The molecule has 0 fully saturated rings. The van der Waals surface area contributed by atoms with Crippen LogP contribution in [-0.4, -0.2) is 29.2 Å². The SMILES string of the molecule is COc1cc2c(Nc3ccc(Cl)c(Cl)c3F)ncnc2cc1OC(=O)C(F)(F)F. The summed E-state index contributed by atoms with van der Waals surface area (Å²) < 4.78 is 61.1. The molecule has 0 aliphatic rings. The number of rotatable bonds is 4. The van der Waals surface area contributed by atoms with Crippen LogP contribution in [0, 0.1) is 5.82 Å².